The first-order chi connectivity index (χ1) is 19.5. The summed E-state index contributed by atoms with van der Waals surface area (Å²) < 4.78 is 29.8. The Bertz CT molecular complexity index is 856. The van der Waals surface area contributed by atoms with Gasteiger partial charge in [-0.2, -0.15) is 0 Å². The molecule has 0 aliphatic carbocycles. The number of unbranched alkanes of at least 4 members (excludes halogenated alkanes) is 11. The minimum absolute atomic E-state index is 0.0117. The molecule has 8 heteroatoms. The van der Waals surface area contributed by atoms with Crippen LogP contribution in [0.1, 0.15) is 116 Å². The first kappa shape index (κ1) is 37.8. The first-order valence-electron chi connectivity index (χ1n) is 16.2. The molecule has 0 aliphatic heterocycles. The largest absolute Gasteiger partial charge is 0.494 e. The lowest BCUT2D eigenvalue weighted by molar-refractivity contribution is -0.870. The van der Waals surface area contributed by atoms with Crippen molar-refractivity contribution < 1.29 is 32.5 Å². The molecular weight excluding hydrogens is 537 g/mol. The van der Waals surface area contributed by atoms with Gasteiger partial charge in [0.1, 0.15) is 11.5 Å². The van der Waals surface area contributed by atoms with Crippen LogP contribution in [0.25, 0.3) is 0 Å². The Kier molecular flexibility index (Phi) is 20.6. The number of hydrogen-bond donors (Lipinski definition) is 1. The highest BCUT2D eigenvalue weighted by Gasteiger charge is 2.24. The fourth-order valence-corrected chi connectivity index (χ4v) is 5.65. The van der Waals surface area contributed by atoms with Crippen molar-refractivity contribution in [2.45, 2.75) is 117 Å². The summed E-state index contributed by atoms with van der Waals surface area (Å²) in [4.78, 5) is 22.4. The van der Waals surface area contributed by atoms with E-state index in [1.54, 1.807) is 0 Å². The average Bonchev–Trinajstić information content (AvgIpc) is 2.91. The summed E-state index contributed by atoms with van der Waals surface area (Å²) in [5.41, 5.74) is 1.02. The number of Topliss-reactive ketones (excluding diaryl/α,β-unsaturated/α-hetero) is 1. The number of ether oxygens (including phenoxy) is 1. The zero-order valence-corrected chi connectivity index (χ0v) is 27.8. The maximum Gasteiger partial charge on any atom is 0.472 e. The number of carbonyl (C=O) groups excluding carboxylic acids is 1. The lowest BCUT2D eigenvalue weighted by Crippen LogP contribution is -2.35. The van der Waals surface area contributed by atoms with Crippen LogP contribution in [-0.2, 0) is 24.8 Å². The average molecular weight is 599 g/mol. The SMILES string of the molecule is CCCCCCCCCCCCCOc1cccc(CC(COP(=O)(O)OCCCC[N+](C)(C)C)CC(=O)CC)c1. The number of ketones is 1. The Morgan fingerprint density at radius 2 is 1.46 bits per heavy atom. The Hall–Kier alpha value is -1.24. The molecule has 2 unspecified atom stereocenters. The van der Waals surface area contributed by atoms with Crippen molar-refractivity contribution in [1.82, 2.24) is 0 Å². The van der Waals surface area contributed by atoms with E-state index in [1.807, 2.05) is 31.2 Å². The molecule has 1 aromatic rings. The zero-order chi connectivity index (χ0) is 30.4. The lowest BCUT2D eigenvalue weighted by atomic mass is 9.94. The summed E-state index contributed by atoms with van der Waals surface area (Å²) in [5.74, 6) is 0.712. The predicted octanol–water partition coefficient (Wildman–Crippen LogP) is 8.52. The Morgan fingerprint density at radius 3 is 2.07 bits per heavy atom. The summed E-state index contributed by atoms with van der Waals surface area (Å²) in [6.07, 6.45) is 17.2. The maximum atomic E-state index is 12.4. The molecule has 0 aromatic heterocycles. The van der Waals surface area contributed by atoms with Crippen LogP contribution in [0.5, 0.6) is 5.75 Å². The first-order valence-corrected chi connectivity index (χ1v) is 17.7. The molecule has 0 radical (unpaired) electrons. The minimum atomic E-state index is -4.17. The molecule has 0 fully saturated rings. The number of phosphoric acid groups is 1. The third-order valence-electron chi connectivity index (χ3n) is 7.30. The second kappa shape index (κ2) is 22.3. The van der Waals surface area contributed by atoms with E-state index >= 15 is 0 Å². The van der Waals surface area contributed by atoms with E-state index < -0.39 is 7.82 Å². The van der Waals surface area contributed by atoms with E-state index in [4.69, 9.17) is 13.8 Å². The second-order valence-corrected chi connectivity index (χ2v) is 14.0. The maximum absolute atomic E-state index is 12.4. The number of quaternary nitrogens is 1. The van der Waals surface area contributed by atoms with E-state index in [-0.39, 0.29) is 24.9 Å². The van der Waals surface area contributed by atoms with Gasteiger partial charge in [-0.15, -0.1) is 0 Å². The molecule has 0 aliphatic rings. The summed E-state index contributed by atoms with van der Waals surface area (Å²) in [6, 6.07) is 7.92. The van der Waals surface area contributed by atoms with Gasteiger partial charge < -0.3 is 14.1 Å². The molecule has 41 heavy (non-hydrogen) atoms. The van der Waals surface area contributed by atoms with E-state index in [0.717, 1.165) is 35.2 Å². The fourth-order valence-electron chi connectivity index (χ4n) is 4.81. The second-order valence-electron chi connectivity index (χ2n) is 12.5. The highest BCUT2D eigenvalue weighted by molar-refractivity contribution is 7.47. The van der Waals surface area contributed by atoms with Gasteiger partial charge in [0.05, 0.1) is 47.5 Å². The molecule has 1 aromatic carbocycles. The van der Waals surface area contributed by atoms with Crippen LogP contribution >= 0.6 is 7.82 Å². The molecule has 0 saturated heterocycles. The molecular formula is C33H61NO6P+. The number of hydrogen-bond acceptors (Lipinski definition) is 5. The monoisotopic (exact) mass is 598 g/mol. The normalized spacial score (nSPS) is 14.1. The molecule has 1 rings (SSSR count). The quantitative estimate of drug-likeness (QED) is 0.0621. The predicted molar refractivity (Wildman–Crippen MR) is 169 cm³/mol. The third kappa shape index (κ3) is 22.0. The van der Waals surface area contributed by atoms with Crippen molar-refractivity contribution in [3.8, 4) is 5.75 Å². The van der Waals surface area contributed by atoms with Gasteiger partial charge in [0.2, 0.25) is 0 Å². The molecule has 1 N–H and O–H groups in total. The number of carbonyl (C=O) groups is 1. The van der Waals surface area contributed by atoms with Gasteiger partial charge in [-0.25, -0.2) is 4.57 Å². The van der Waals surface area contributed by atoms with Crippen molar-refractivity contribution in [3.05, 3.63) is 29.8 Å². The number of rotatable bonds is 27. The van der Waals surface area contributed by atoms with Crippen LogP contribution in [0.15, 0.2) is 24.3 Å². The Labute approximate surface area is 251 Å². The van der Waals surface area contributed by atoms with Crippen molar-refractivity contribution >= 4 is 13.6 Å². The highest BCUT2D eigenvalue weighted by Crippen LogP contribution is 2.44. The van der Waals surface area contributed by atoms with E-state index in [0.29, 0.717) is 32.3 Å². The van der Waals surface area contributed by atoms with Gasteiger partial charge >= 0.3 is 7.82 Å². The molecule has 7 nitrogen and oxygen atoms in total. The molecule has 0 bridgehead atoms. The van der Waals surface area contributed by atoms with Crippen molar-refractivity contribution in [2.24, 2.45) is 5.92 Å². The molecule has 0 saturated carbocycles. The lowest BCUT2D eigenvalue weighted by Gasteiger charge is -2.23. The van der Waals surface area contributed by atoms with E-state index in [1.165, 1.54) is 64.2 Å². The van der Waals surface area contributed by atoms with Gasteiger partial charge in [-0.1, -0.05) is 90.2 Å². The zero-order valence-electron chi connectivity index (χ0n) is 26.9. The van der Waals surface area contributed by atoms with Crippen LogP contribution < -0.4 is 4.74 Å². The molecule has 0 spiro atoms. The van der Waals surface area contributed by atoms with E-state index in [2.05, 4.69) is 28.1 Å². The van der Waals surface area contributed by atoms with E-state index in [9.17, 15) is 14.3 Å². The topological polar surface area (TPSA) is 82.1 Å². The van der Waals surface area contributed by atoms with Gasteiger partial charge in [0.25, 0.3) is 0 Å². The number of nitrogens with zero attached hydrogens (tertiary/aromatic N) is 1. The van der Waals surface area contributed by atoms with Crippen LogP contribution in [0.2, 0.25) is 0 Å². The van der Waals surface area contributed by atoms with Crippen molar-refractivity contribution in [2.75, 3.05) is 47.5 Å². The van der Waals surface area contributed by atoms with Gasteiger partial charge in [0, 0.05) is 12.8 Å². The van der Waals surface area contributed by atoms with Gasteiger partial charge in [-0.3, -0.25) is 13.8 Å². The van der Waals surface area contributed by atoms with Crippen LogP contribution in [0, 0.1) is 5.92 Å². The summed E-state index contributed by atoms with van der Waals surface area (Å²) >= 11 is 0. The molecule has 0 heterocycles. The highest BCUT2D eigenvalue weighted by atomic mass is 31.2. The smallest absolute Gasteiger partial charge is 0.472 e. The van der Waals surface area contributed by atoms with Crippen molar-refractivity contribution in [3.63, 3.8) is 0 Å². The summed E-state index contributed by atoms with van der Waals surface area (Å²) in [6.45, 7) is 5.91. The van der Waals surface area contributed by atoms with Crippen LogP contribution in [0.4, 0.5) is 0 Å². The Balaban J connectivity index is 2.41. The third-order valence-corrected chi connectivity index (χ3v) is 8.29. The number of phosphoric ester groups is 1. The minimum Gasteiger partial charge on any atom is -0.494 e. The summed E-state index contributed by atoms with van der Waals surface area (Å²) in [5, 5.41) is 0. The Morgan fingerprint density at radius 1 is 0.854 bits per heavy atom. The fraction of sp³-hybridized carbons (Fsp3) is 0.788. The van der Waals surface area contributed by atoms with Crippen LogP contribution in [-0.4, -0.2) is 62.7 Å². The van der Waals surface area contributed by atoms with Crippen LogP contribution in [0.3, 0.4) is 0 Å². The van der Waals surface area contributed by atoms with Crippen molar-refractivity contribution in [1.29, 1.82) is 0 Å². The van der Waals surface area contributed by atoms with Gasteiger partial charge in [0.15, 0.2) is 0 Å². The van der Waals surface area contributed by atoms with Gasteiger partial charge in [-0.05, 0) is 49.3 Å². The number of benzene rings is 1. The molecule has 0 amide bonds. The molecule has 2 atom stereocenters. The summed E-state index contributed by atoms with van der Waals surface area (Å²) in [7, 11) is 2.16. The molecule has 238 valence electrons. The standard InChI is InChI=1S/C33H60NO6P/c1-6-8-9-10-11-12-13-14-15-16-18-24-38-33-22-20-21-30(28-33)26-31(27-32(35)7-2)29-40-41(36,37)39-25-19-17-23-34(3,4)5/h20-22,28,31H,6-19,23-27,29H2,1-5H3/p+1.